The van der Waals surface area contributed by atoms with E-state index in [1.54, 1.807) is 6.20 Å². The van der Waals surface area contributed by atoms with Gasteiger partial charge in [0.15, 0.2) is 5.29 Å². The molecule has 0 fully saturated rings. The number of hydrogen-bond donors (Lipinski definition) is 1. The molecule has 23 heavy (non-hydrogen) atoms. The van der Waals surface area contributed by atoms with Crippen LogP contribution in [-0.2, 0) is 0 Å². The maximum atomic E-state index is 9.60. The third kappa shape index (κ3) is 3.15. The molecule has 0 radical (unpaired) electrons. The predicted octanol–water partition coefficient (Wildman–Crippen LogP) is 4.09. The van der Waals surface area contributed by atoms with Gasteiger partial charge in [0.1, 0.15) is 11.6 Å². The van der Waals surface area contributed by atoms with E-state index in [1.165, 1.54) is 0 Å². The molecule has 0 atom stereocenters. The van der Waals surface area contributed by atoms with Crippen molar-refractivity contribution >= 4 is 22.5 Å². The number of hydrogen-bond acceptors (Lipinski definition) is 4. The molecule has 0 saturated carbocycles. The fourth-order valence-corrected chi connectivity index (χ4v) is 2.44. The van der Waals surface area contributed by atoms with E-state index in [4.69, 9.17) is 11.6 Å². The van der Waals surface area contributed by atoms with Gasteiger partial charge in [0.2, 0.25) is 0 Å². The molecule has 5 heteroatoms. The molecule has 0 amide bonds. The van der Waals surface area contributed by atoms with Crippen LogP contribution in [0.25, 0.3) is 16.8 Å². The Morgan fingerprint density at radius 2 is 1.91 bits per heavy atom. The number of rotatable bonds is 2. The van der Waals surface area contributed by atoms with Crippen molar-refractivity contribution in [2.75, 3.05) is 0 Å². The molecule has 2 aromatic rings. The molecule has 0 unspecified atom stereocenters. The Morgan fingerprint density at radius 3 is 2.65 bits per heavy atom. The van der Waals surface area contributed by atoms with Crippen LogP contribution >= 0.6 is 11.6 Å². The van der Waals surface area contributed by atoms with E-state index in [1.807, 2.05) is 55.5 Å². The van der Waals surface area contributed by atoms with Crippen LogP contribution in [0, 0.1) is 11.3 Å². The zero-order valence-corrected chi connectivity index (χ0v) is 13.2. The zero-order valence-electron chi connectivity index (χ0n) is 12.4. The van der Waals surface area contributed by atoms with Crippen LogP contribution in [0.5, 0.6) is 0 Å². The fourth-order valence-electron chi connectivity index (χ4n) is 2.30. The second-order valence-electron chi connectivity index (χ2n) is 4.99. The van der Waals surface area contributed by atoms with E-state index in [2.05, 4.69) is 21.4 Å². The van der Waals surface area contributed by atoms with E-state index < -0.39 is 0 Å². The van der Waals surface area contributed by atoms with Crippen molar-refractivity contribution in [3.05, 3.63) is 71.7 Å². The quantitative estimate of drug-likeness (QED) is 0.669. The molecule has 2 heterocycles. The van der Waals surface area contributed by atoms with Crippen molar-refractivity contribution < 1.29 is 0 Å². The summed E-state index contributed by atoms with van der Waals surface area (Å²) in [5.74, 6) is 0. The van der Waals surface area contributed by atoms with Crippen molar-refractivity contribution in [2.45, 2.75) is 6.92 Å². The number of allylic oxidation sites excluding steroid dienone is 2. The minimum atomic E-state index is 0.234. The molecule has 0 spiro atoms. The highest BCUT2D eigenvalue weighted by atomic mass is 35.5. The number of nitrogens with one attached hydrogen (secondary N) is 1. The number of pyridine rings is 1. The summed E-state index contributed by atoms with van der Waals surface area (Å²) < 4.78 is 0. The minimum Gasteiger partial charge on any atom is -0.329 e. The fraction of sp³-hybridized carbons (Fsp3) is 0.0556. The molecule has 1 aromatic heterocycles. The van der Waals surface area contributed by atoms with E-state index in [-0.39, 0.29) is 5.29 Å². The van der Waals surface area contributed by atoms with Crippen LogP contribution in [0.3, 0.4) is 0 Å². The standard InChI is InChI=1S/C18H13ClN4/c1-12-11-21-18(19)23-17(12)14(10-20)16-9-5-8-15(22-16)13-6-3-2-4-7-13/h2-9,11H,1H3,(H,21,23)/b17-14+. The summed E-state index contributed by atoms with van der Waals surface area (Å²) >= 11 is 5.92. The van der Waals surface area contributed by atoms with E-state index in [0.717, 1.165) is 16.8 Å². The van der Waals surface area contributed by atoms with E-state index >= 15 is 0 Å². The number of nitriles is 1. The third-order valence-corrected chi connectivity index (χ3v) is 3.62. The molecule has 0 aliphatic carbocycles. The van der Waals surface area contributed by atoms with Crippen LogP contribution in [0.4, 0.5) is 0 Å². The van der Waals surface area contributed by atoms with Gasteiger partial charge >= 0.3 is 0 Å². The second kappa shape index (κ2) is 6.47. The topological polar surface area (TPSA) is 61.1 Å². The molecule has 1 aliphatic rings. The predicted molar refractivity (Wildman–Crippen MR) is 92.4 cm³/mol. The Morgan fingerprint density at radius 1 is 1.13 bits per heavy atom. The van der Waals surface area contributed by atoms with Gasteiger partial charge in [-0.05, 0) is 36.2 Å². The Kier molecular flexibility index (Phi) is 4.22. The Labute approximate surface area is 139 Å². The molecule has 1 aliphatic heterocycles. The first-order valence-electron chi connectivity index (χ1n) is 7.03. The summed E-state index contributed by atoms with van der Waals surface area (Å²) in [5, 5.41) is 12.8. The summed E-state index contributed by atoms with van der Waals surface area (Å²) in [4.78, 5) is 8.60. The second-order valence-corrected chi connectivity index (χ2v) is 5.35. The number of aromatic nitrogens is 1. The van der Waals surface area contributed by atoms with E-state index in [0.29, 0.717) is 17.0 Å². The maximum Gasteiger partial charge on any atom is 0.200 e. The van der Waals surface area contributed by atoms with Gasteiger partial charge in [0, 0.05) is 11.8 Å². The number of amidine groups is 1. The monoisotopic (exact) mass is 320 g/mol. The summed E-state index contributed by atoms with van der Waals surface area (Å²) in [5.41, 5.74) is 4.30. The van der Waals surface area contributed by atoms with Gasteiger partial charge < -0.3 is 5.32 Å². The molecule has 112 valence electrons. The lowest BCUT2D eigenvalue weighted by Gasteiger charge is -2.15. The Balaban J connectivity index is 2.09. The van der Waals surface area contributed by atoms with Crippen LogP contribution in [0.1, 0.15) is 12.6 Å². The summed E-state index contributed by atoms with van der Waals surface area (Å²) in [6.07, 6.45) is 1.63. The van der Waals surface area contributed by atoms with Gasteiger partial charge in [0.05, 0.1) is 17.1 Å². The third-order valence-electron chi connectivity index (χ3n) is 3.43. The van der Waals surface area contributed by atoms with Crippen molar-refractivity contribution in [3.63, 3.8) is 0 Å². The van der Waals surface area contributed by atoms with Crippen LogP contribution in [0.15, 0.2) is 71.0 Å². The molecule has 4 nitrogen and oxygen atoms in total. The number of aliphatic imine (C=N–C) groups is 1. The first kappa shape index (κ1) is 15.0. The van der Waals surface area contributed by atoms with Crippen molar-refractivity contribution in [1.29, 1.82) is 5.26 Å². The van der Waals surface area contributed by atoms with Crippen molar-refractivity contribution in [3.8, 4) is 17.3 Å². The summed E-state index contributed by atoms with van der Waals surface area (Å²) in [6.45, 7) is 1.87. The van der Waals surface area contributed by atoms with Crippen LogP contribution in [0.2, 0.25) is 0 Å². The SMILES string of the molecule is CC1=CN=C(Cl)N/C1=C(\C#N)c1cccc(-c2ccccc2)n1. The molecule has 0 bridgehead atoms. The van der Waals surface area contributed by atoms with Gasteiger partial charge in [-0.25, -0.2) is 9.98 Å². The Bertz CT molecular complexity index is 873. The zero-order chi connectivity index (χ0) is 16.2. The van der Waals surface area contributed by atoms with Crippen molar-refractivity contribution in [2.24, 2.45) is 4.99 Å². The lowest BCUT2D eigenvalue weighted by molar-refractivity contribution is 1.09. The highest BCUT2D eigenvalue weighted by Gasteiger charge is 2.16. The van der Waals surface area contributed by atoms with E-state index in [9.17, 15) is 5.26 Å². The minimum absolute atomic E-state index is 0.234. The number of benzene rings is 1. The smallest absolute Gasteiger partial charge is 0.200 e. The highest BCUT2D eigenvalue weighted by molar-refractivity contribution is 6.65. The molecular weight excluding hydrogens is 308 g/mol. The first-order chi connectivity index (χ1) is 11.2. The Hall–Kier alpha value is -2.90. The molecule has 0 saturated heterocycles. The highest BCUT2D eigenvalue weighted by Crippen LogP contribution is 2.25. The van der Waals surface area contributed by atoms with Crippen molar-refractivity contribution in [1.82, 2.24) is 10.3 Å². The lowest BCUT2D eigenvalue weighted by atomic mass is 10.0. The number of halogens is 1. The van der Waals surface area contributed by atoms with Crippen LogP contribution in [-0.4, -0.2) is 10.3 Å². The molecule has 1 N–H and O–H groups in total. The first-order valence-corrected chi connectivity index (χ1v) is 7.41. The number of nitrogens with zero attached hydrogens (tertiary/aromatic N) is 3. The molecule has 3 rings (SSSR count). The van der Waals surface area contributed by atoms with Crippen LogP contribution < -0.4 is 5.32 Å². The van der Waals surface area contributed by atoms with Gasteiger partial charge in [-0.15, -0.1) is 0 Å². The van der Waals surface area contributed by atoms with Gasteiger partial charge in [-0.2, -0.15) is 5.26 Å². The van der Waals surface area contributed by atoms with Gasteiger partial charge in [-0.3, -0.25) is 0 Å². The average Bonchev–Trinajstić information content (AvgIpc) is 2.60. The average molecular weight is 321 g/mol. The summed E-state index contributed by atoms with van der Waals surface area (Å²) in [6, 6.07) is 17.7. The summed E-state index contributed by atoms with van der Waals surface area (Å²) in [7, 11) is 0. The van der Waals surface area contributed by atoms with Gasteiger partial charge in [0.25, 0.3) is 0 Å². The lowest BCUT2D eigenvalue weighted by Crippen LogP contribution is -2.22. The maximum absolute atomic E-state index is 9.60. The largest absolute Gasteiger partial charge is 0.329 e. The molecular formula is C18H13ClN4. The normalized spacial score (nSPS) is 15.9. The molecule has 1 aromatic carbocycles. The van der Waals surface area contributed by atoms with Gasteiger partial charge in [-0.1, -0.05) is 36.4 Å².